The van der Waals surface area contributed by atoms with Gasteiger partial charge in [-0.2, -0.15) is 5.26 Å². The molecule has 18 heavy (non-hydrogen) atoms. The molecule has 1 aromatic heterocycles. The van der Waals surface area contributed by atoms with E-state index in [1.54, 1.807) is 19.9 Å². The third-order valence-corrected chi connectivity index (χ3v) is 2.58. The number of aromatic nitrogens is 2. The van der Waals surface area contributed by atoms with Crippen molar-refractivity contribution in [2.75, 3.05) is 6.61 Å². The SMILES string of the molecule is CCOC(=O)C(C)(C#N)c1ncnc(CC)c1F. The van der Waals surface area contributed by atoms with Crippen molar-refractivity contribution in [2.45, 2.75) is 32.6 Å². The highest BCUT2D eigenvalue weighted by Gasteiger charge is 2.41. The quantitative estimate of drug-likeness (QED) is 0.758. The third kappa shape index (κ3) is 2.30. The molecule has 0 saturated heterocycles. The van der Waals surface area contributed by atoms with Crippen LogP contribution in [0.3, 0.4) is 0 Å². The lowest BCUT2D eigenvalue weighted by Crippen LogP contribution is -2.35. The number of nitriles is 1. The van der Waals surface area contributed by atoms with E-state index in [1.807, 2.05) is 0 Å². The molecule has 1 atom stereocenters. The zero-order valence-electron chi connectivity index (χ0n) is 10.5. The summed E-state index contributed by atoms with van der Waals surface area (Å²) < 4.78 is 18.9. The van der Waals surface area contributed by atoms with Gasteiger partial charge in [0.05, 0.1) is 18.4 Å². The average Bonchev–Trinajstić information content (AvgIpc) is 2.38. The Balaban J connectivity index is 3.34. The van der Waals surface area contributed by atoms with Crippen LogP contribution in [0.25, 0.3) is 0 Å². The summed E-state index contributed by atoms with van der Waals surface area (Å²) in [5.41, 5.74) is -1.83. The lowest BCUT2D eigenvalue weighted by atomic mass is 9.87. The highest BCUT2D eigenvalue weighted by Crippen LogP contribution is 2.26. The summed E-state index contributed by atoms with van der Waals surface area (Å²) in [6.45, 7) is 4.74. The molecule has 0 saturated carbocycles. The lowest BCUT2D eigenvalue weighted by molar-refractivity contribution is -0.147. The smallest absolute Gasteiger partial charge is 0.332 e. The number of hydrogen-bond donors (Lipinski definition) is 0. The van der Waals surface area contributed by atoms with E-state index in [9.17, 15) is 9.18 Å². The Labute approximate surface area is 105 Å². The molecule has 1 unspecified atom stereocenters. The van der Waals surface area contributed by atoms with Gasteiger partial charge in [0.25, 0.3) is 0 Å². The highest BCUT2D eigenvalue weighted by molar-refractivity contribution is 5.85. The van der Waals surface area contributed by atoms with Gasteiger partial charge in [-0.25, -0.2) is 19.2 Å². The molecule has 0 aliphatic carbocycles. The average molecular weight is 251 g/mol. The molecule has 0 aromatic carbocycles. The number of aryl methyl sites for hydroxylation is 1. The predicted molar refractivity (Wildman–Crippen MR) is 61.0 cm³/mol. The van der Waals surface area contributed by atoms with Gasteiger partial charge in [-0.3, -0.25) is 0 Å². The normalized spacial score (nSPS) is 13.5. The minimum absolute atomic E-state index is 0.115. The predicted octanol–water partition coefficient (Wildman–Crippen LogP) is 1.52. The van der Waals surface area contributed by atoms with Crippen LogP contribution in [0.4, 0.5) is 4.39 Å². The van der Waals surface area contributed by atoms with E-state index < -0.39 is 17.2 Å². The summed E-state index contributed by atoms with van der Waals surface area (Å²) in [6, 6.07) is 1.77. The van der Waals surface area contributed by atoms with Crippen LogP contribution in [0, 0.1) is 17.1 Å². The largest absolute Gasteiger partial charge is 0.465 e. The van der Waals surface area contributed by atoms with Crippen molar-refractivity contribution in [1.82, 2.24) is 9.97 Å². The van der Waals surface area contributed by atoms with E-state index >= 15 is 0 Å². The van der Waals surface area contributed by atoms with Crippen LogP contribution in [-0.4, -0.2) is 22.5 Å². The van der Waals surface area contributed by atoms with Crippen molar-refractivity contribution in [3.05, 3.63) is 23.5 Å². The zero-order chi connectivity index (χ0) is 13.8. The molecule has 1 heterocycles. The van der Waals surface area contributed by atoms with Gasteiger partial charge in [-0.1, -0.05) is 6.92 Å². The van der Waals surface area contributed by atoms with E-state index in [4.69, 9.17) is 10.00 Å². The van der Waals surface area contributed by atoms with Gasteiger partial charge in [-0.05, 0) is 20.3 Å². The monoisotopic (exact) mass is 251 g/mol. The van der Waals surface area contributed by atoms with E-state index in [0.29, 0.717) is 6.42 Å². The van der Waals surface area contributed by atoms with E-state index in [2.05, 4.69) is 9.97 Å². The fourth-order valence-corrected chi connectivity index (χ4v) is 1.47. The van der Waals surface area contributed by atoms with Crippen LogP contribution in [-0.2, 0) is 21.4 Å². The third-order valence-electron chi connectivity index (χ3n) is 2.58. The highest BCUT2D eigenvalue weighted by atomic mass is 19.1. The molecule has 0 amide bonds. The molecule has 0 radical (unpaired) electrons. The maximum atomic E-state index is 14.1. The van der Waals surface area contributed by atoms with Crippen molar-refractivity contribution in [3.63, 3.8) is 0 Å². The molecule has 1 aromatic rings. The van der Waals surface area contributed by atoms with Gasteiger partial charge in [0.15, 0.2) is 11.2 Å². The van der Waals surface area contributed by atoms with Crippen LogP contribution in [0.5, 0.6) is 0 Å². The summed E-state index contributed by atoms with van der Waals surface area (Å²) in [7, 11) is 0. The molecular weight excluding hydrogens is 237 g/mol. The van der Waals surface area contributed by atoms with Gasteiger partial charge in [-0.15, -0.1) is 0 Å². The second-order valence-electron chi connectivity index (χ2n) is 3.79. The van der Waals surface area contributed by atoms with E-state index in [-0.39, 0.29) is 18.0 Å². The van der Waals surface area contributed by atoms with Gasteiger partial charge in [0.2, 0.25) is 0 Å². The molecular formula is C12H14FN3O2. The Morgan fingerprint density at radius 1 is 1.56 bits per heavy atom. The fraction of sp³-hybridized carbons (Fsp3) is 0.500. The second kappa shape index (κ2) is 5.54. The van der Waals surface area contributed by atoms with Gasteiger partial charge < -0.3 is 4.74 Å². The summed E-state index contributed by atoms with van der Waals surface area (Å²) in [6.07, 6.45) is 1.50. The number of halogens is 1. The molecule has 5 nitrogen and oxygen atoms in total. The van der Waals surface area contributed by atoms with E-state index in [1.165, 1.54) is 6.92 Å². The Bertz CT molecular complexity index is 499. The maximum Gasteiger partial charge on any atom is 0.332 e. The standard InChI is InChI=1S/C12H14FN3O2/c1-4-8-9(13)10(16-7-15-8)12(3,6-14)11(17)18-5-2/h7H,4-5H2,1-3H3. The Morgan fingerprint density at radius 2 is 2.22 bits per heavy atom. The Morgan fingerprint density at radius 3 is 2.72 bits per heavy atom. The summed E-state index contributed by atoms with van der Waals surface area (Å²) in [5, 5.41) is 9.15. The maximum absolute atomic E-state index is 14.1. The van der Waals surface area contributed by atoms with Crippen molar-refractivity contribution in [3.8, 4) is 6.07 Å². The first-order valence-corrected chi connectivity index (χ1v) is 5.59. The number of carbonyl (C=O) groups is 1. The summed E-state index contributed by atoms with van der Waals surface area (Å²) >= 11 is 0. The van der Waals surface area contributed by atoms with Crippen LogP contribution >= 0.6 is 0 Å². The van der Waals surface area contributed by atoms with Crippen molar-refractivity contribution >= 4 is 5.97 Å². The van der Waals surface area contributed by atoms with Crippen LogP contribution in [0.1, 0.15) is 32.2 Å². The lowest BCUT2D eigenvalue weighted by Gasteiger charge is -2.19. The van der Waals surface area contributed by atoms with Gasteiger partial charge in [0, 0.05) is 0 Å². The topological polar surface area (TPSA) is 75.9 Å². The Hall–Kier alpha value is -2.03. The molecule has 1 rings (SSSR count). The number of rotatable bonds is 4. The minimum Gasteiger partial charge on any atom is -0.465 e. The molecule has 0 fully saturated rings. The molecule has 0 bridgehead atoms. The summed E-state index contributed by atoms with van der Waals surface area (Å²) in [5.74, 6) is -1.54. The first-order chi connectivity index (χ1) is 8.51. The van der Waals surface area contributed by atoms with Crippen molar-refractivity contribution < 1.29 is 13.9 Å². The molecule has 0 aliphatic heterocycles. The van der Waals surface area contributed by atoms with Crippen molar-refractivity contribution in [1.29, 1.82) is 5.26 Å². The second-order valence-corrected chi connectivity index (χ2v) is 3.79. The number of nitrogens with zero attached hydrogens (tertiary/aromatic N) is 3. The van der Waals surface area contributed by atoms with Crippen molar-refractivity contribution in [2.24, 2.45) is 0 Å². The molecule has 0 N–H and O–H groups in total. The molecule has 96 valence electrons. The first kappa shape index (κ1) is 14.0. The summed E-state index contributed by atoms with van der Waals surface area (Å²) in [4.78, 5) is 19.3. The zero-order valence-corrected chi connectivity index (χ0v) is 10.5. The molecule has 0 aliphatic rings. The van der Waals surface area contributed by atoms with E-state index in [0.717, 1.165) is 6.33 Å². The molecule has 0 spiro atoms. The fourth-order valence-electron chi connectivity index (χ4n) is 1.47. The number of ether oxygens (including phenoxy) is 1. The molecule has 6 heteroatoms. The van der Waals surface area contributed by atoms with Crippen LogP contribution in [0.15, 0.2) is 6.33 Å². The first-order valence-electron chi connectivity index (χ1n) is 5.59. The number of hydrogen-bond acceptors (Lipinski definition) is 5. The minimum atomic E-state index is -1.76. The Kier molecular flexibility index (Phi) is 4.32. The van der Waals surface area contributed by atoms with Gasteiger partial charge >= 0.3 is 5.97 Å². The van der Waals surface area contributed by atoms with Crippen LogP contribution in [0.2, 0.25) is 0 Å². The number of esters is 1. The number of carbonyl (C=O) groups excluding carboxylic acids is 1. The van der Waals surface area contributed by atoms with Gasteiger partial charge in [0.1, 0.15) is 12.0 Å². The van der Waals surface area contributed by atoms with Crippen LogP contribution < -0.4 is 0 Å².